The number of ether oxygens (including phenoxy) is 2. The summed E-state index contributed by atoms with van der Waals surface area (Å²) in [4.78, 5) is 2.48. The van der Waals surface area contributed by atoms with Gasteiger partial charge in [0.1, 0.15) is 24.2 Å². The summed E-state index contributed by atoms with van der Waals surface area (Å²) in [5, 5.41) is 11.5. The number of likely N-dealkylation sites (tertiary alicyclic amines) is 1. The number of benzene rings is 2. The van der Waals surface area contributed by atoms with Crippen molar-refractivity contribution in [2.45, 2.75) is 25.4 Å². The van der Waals surface area contributed by atoms with Crippen LogP contribution in [0.4, 0.5) is 5.69 Å². The molecule has 1 aromatic heterocycles. The van der Waals surface area contributed by atoms with Crippen LogP contribution in [-0.2, 0) is 6.54 Å². The molecule has 3 aromatic rings. The first-order valence-electron chi connectivity index (χ1n) is 9.43. The highest BCUT2D eigenvalue weighted by Gasteiger charge is 2.21. The molecule has 0 unspecified atom stereocenters. The molecule has 2 aliphatic heterocycles. The van der Waals surface area contributed by atoms with Crippen molar-refractivity contribution in [3.05, 3.63) is 42.0 Å². The van der Waals surface area contributed by atoms with E-state index in [0.29, 0.717) is 19.3 Å². The first-order chi connectivity index (χ1) is 13.3. The summed E-state index contributed by atoms with van der Waals surface area (Å²) in [7, 11) is 0. The monoisotopic (exact) mass is 366 g/mol. The molecule has 0 amide bonds. The molecule has 3 heterocycles. The van der Waals surface area contributed by atoms with Crippen LogP contribution in [0.1, 0.15) is 18.4 Å². The number of hydrogen-bond donors (Lipinski definition) is 1. The standard InChI is InChI=1S/C20H22N4O3/c1-2-16(21-15-4-6-19-20(11-15)26-9-8-25-19)13-24(7-1)12-14-3-5-17-18(10-14)23-27-22-17/h3-6,10-11,16,21H,1-2,7-9,12-13H2/t16-/m0/s1. The van der Waals surface area contributed by atoms with Crippen molar-refractivity contribution in [1.29, 1.82) is 0 Å². The van der Waals surface area contributed by atoms with Crippen molar-refractivity contribution in [2.75, 3.05) is 31.6 Å². The molecule has 2 aromatic carbocycles. The Labute approximate surface area is 157 Å². The van der Waals surface area contributed by atoms with Crippen molar-refractivity contribution in [3.63, 3.8) is 0 Å². The molecule has 1 N–H and O–H groups in total. The van der Waals surface area contributed by atoms with Gasteiger partial charge in [0.15, 0.2) is 11.5 Å². The molecule has 27 heavy (non-hydrogen) atoms. The molecule has 0 aliphatic carbocycles. The van der Waals surface area contributed by atoms with Gasteiger partial charge in [0.2, 0.25) is 0 Å². The van der Waals surface area contributed by atoms with Crippen LogP contribution < -0.4 is 14.8 Å². The molecular weight excluding hydrogens is 344 g/mol. The lowest BCUT2D eigenvalue weighted by Gasteiger charge is -2.34. The summed E-state index contributed by atoms with van der Waals surface area (Å²) >= 11 is 0. The highest BCUT2D eigenvalue weighted by molar-refractivity contribution is 5.73. The van der Waals surface area contributed by atoms with Crippen LogP contribution in [0.3, 0.4) is 0 Å². The summed E-state index contributed by atoms with van der Waals surface area (Å²) in [6.07, 6.45) is 2.34. The van der Waals surface area contributed by atoms with Gasteiger partial charge in [-0.2, -0.15) is 0 Å². The number of hydrogen-bond acceptors (Lipinski definition) is 7. The molecule has 1 fully saturated rings. The molecule has 0 radical (unpaired) electrons. The zero-order valence-corrected chi connectivity index (χ0v) is 15.1. The maximum Gasteiger partial charge on any atom is 0.163 e. The predicted octanol–water partition coefficient (Wildman–Crippen LogP) is 3.07. The Morgan fingerprint density at radius 3 is 2.85 bits per heavy atom. The van der Waals surface area contributed by atoms with Gasteiger partial charge in [-0.25, -0.2) is 4.63 Å². The molecule has 1 saturated heterocycles. The quantitative estimate of drug-likeness (QED) is 0.761. The SMILES string of the molecule is c1cc2nonc2cc1CN1CCC[C@H](Nc2ccc3c(c2)OCCO3)C1. The second-order valence-corrected chi connectivity index (χ2v) is 7.16. The smallest absolute Gasteiger partial charge is 0.163 e. The Hall–Kier alpha value is -2.80. The lowest BCUT2D eigenvalue weighted by Crippen LogP contribution is -2.41. The first kappa shape index (κ1) is 16.4. The predicted molar refractivity (Wildman–Crippen MR) is 101 cm³/mol. The molecule has 2 aliphatic rings. The average molecular weight is 366 g/mol. The van der Waals surface area contributed by atoms with Crippen LogP contribution in [0.2, 0.25) is 0 Å². The third-order valence-corrected chi connectivity index (χ3v) is 5.14. The van der Waals surface area contributed by atoms with E-state index >= 15 is 0 Å². The average Bonchev–Trinajstić information content (AvgIpc) is 3.16. The second-order valence-electron chi connectivity index (χ2n) is 7.16. The van der Waals surface area contributed by atoms with Crippen molar-refractivity contribution in [3.8, 4) is 11.5 Å². The van der Waals surface area contributed by atoms with Gasteiger partial charge in [-0.15, -0.1) is 0 Å². The highest BCUT2D eigenvalue weighted by atomic mass is 16.6. The van der Waals surface area contributed by atoms with Crippen molar-refractivity contribution >= 4 is 16.7 Å². The van der Waals surface area contributed by atoms with E-state index in [2.05, 4.69) is 38.7 Å². The van der Waals surface area contributed by atoms with Crippen molar-refractivity contribution in [2.24, 2.45) is 0 Å². The zero-order chi connectivity index (χ0) is 18.1. The van der Waals surface area contributed by atoms with Crippen LogP contribution in [0.25, 0.3) is 11.0 Å². The molecule has 1 atom stereocenters. The number of fused-ring (bicyclic) bond motifs is 2. The number of aromatic nitrogens is 2. The van der Waals surface area contributed by atoms with Gasteiger partial charge in [0, 0.05) is 30.9 Å². The third-order valence-electron chi connectivity index (χ3n) is 5.14. The molecule has 7 heteroatoms. The molecule has 5 rings (SSSR count). The van der Waals surface area contributed by atoms with Crippen LogP contribution in [0, 0.1) is 0 Å². The Morgan fingerprint density at radius 2 is 1.89 bits per heavy atom. The first-order valence-corrected chi connectivity index (χ1v) is 9.43. The molecule has 7 nitrogen and oxygen atoms in total. The van der Waals surface area contributed by atoms with Gasteiger partial charge in [0.25, 0.3) is 0 Å². The molecular formula is C20H22N4O3. The van der Waals surface area contributed by atoms with Crippen molar-refractivity contribution < 1.29 is 14.1 Å². The fourth-order valence-electron chi connectivity index (χ4n) is 3.87. The topological polar surface area (TPSA) is 72.7 Å². The molecule has 140 valence electrons. The number of piperidine rings is 1. The van der Waals surface area contributed by atoms with E-state index in [1.807, 2.05) is 18.2 Å². The van der Waals surface area contributed by atoms with E-state index in [1.54, 1.807) is 0 Å². The van der Waals surface area contributed by atoms with E-state index < -0.39 is 0 Å². The van der Waals surface area contributed by atoms with Crippen LogP contribution in [0.5, 0.6) is 11.5 Å². The molecule has 0 spiro atoms. The summed E-state index contributed by atoms with van der Waals surface area (Å²) in [6.45, 7) is 4.24. The summed E-state index contributed by atoms with van der Waals surface area (Å²) in [5.74, 6) is 1.66. The summed E-state index contributed by atoms with van der Waals surface area (Å²) < 4.78 is 16.1. The maximum absolute atomic E-state index is 5.69. The Kier molecular flexibility index (Phi) is 4.29. The van der Waals surface area contributed by atoms with Gasteiger partial charge >= 0.3 is 0 Å². The summed E-state index contributed by atoms with van der Waals surface area (Å²) in [6, 6.07) is 12.6. The lowest BCUT2D eigenvalue weighted by atomic mass is 10.0. The minimum atomic E-state index is 0.416. The van der Waals surface area contributed by atoms with E-state index in [9.17, 15) is 0 Å². The maximum atomic E-state index is 5.69. The number of nitrogens with one attached hydrogen (secondary N) is 1. The largest absolute Gasteiger partial charge is 0.486 e. The van der Waals surface area contributed by atoms with Crippen LogP contribution >= 0.6 is 0 Å². The fraction of sp³-hybridized carbons (Fsp3) is 0.400. The van der Waals surface area contributed by atoms with Crippen molar-refractivity contribution in [1.82, 2.24) is 15.2 Å². The number of anilines is 1. The van der Waals surface area contributed by atoms with Crippen LogP contribution in [0.15, 0.2) is 41.0 Å². The Bertz CT molecular complexity index is 942. The van der Waals surface area contributed by atoms with Gasteiger partial charge in [-0.1, -0.05) is 6.07 Å². The minimum absolute atomic E-state index is 0.416. The fourth-order valence-corrected chi connectivity index (χ4v) is 3.87. The molecule has 0 bridgehead atoms. The lowest BCUT2D eigenvalue weighted by molar-refractivity contribution is 0.171. The van der Waals surface area contributed by atoms with E-state index in [4.69, 9.17) is 14.1 Å². The van der Waals surface area contributed by atoms with Gasteiger partial charge in [0.05, 0.1) is 0 Å². The molecule has 0 saturated carbocycles. The van der Waals surface area contributed by atoms with E-state index in [0.717, 1.165) is 54.3 Å². The van der Waals surface area contributed by atoms with E-state index in [1.165, 1.54) is 12.0 Å². The minimum Gasteiger partial charge on any atom is -0.486 e. The van der Waals surface area contributed by atoms with Gasteiger partial charge in [-0.05, 0) is 59.5 Å². The summed E-state index contributed by atoms with van der Waals surface area (Å²) in [5.41, 5.74) is 3.94. The normalized spacial score (nSPS) is 19.9. The van der Waals surface area contributed by atoms with Gasteiger partial charge < -0.3 is 14.8 Å². The van der Waals surface area contributed by atoms with Crippen LogP contribution in [-0.4, -0.2) is 47.6 Å². The second kappa shape index (κ2) is 7.08. The number of nitrogens with zero attached hydrogens (tertiary/aromatic N) is 3. The van der Waals surface area contributed by atoms with E-state index in [-0.39, 0.29) is 0 Å². The zero-order valence-electron chi connectivity index (χ0n) is 15.1. The Balaban J connectivity index is 1.24. The number of rotatable bonds is 4. The third kappa shape index (κ3) is 3.55. The highest BCUT2D eigenvalue weighted by Crippen LogP contribution is 2.33. The Morgan fingerprint density at radius 1 is 1.00 bits per heavy atom. The van der Waals surface area contributed by atoms with Gasteiger partial charge in [-0.3, -0.25) is 4.90 Å².